The average molecular weight is 389 g/mol. The molecule has 7 heteroatoms. The van der Waals surface area contributed by atoms with Gasteiger partial charge in [-0.1, -0.05) is 0 Å². The maximum absolute atomic E-state index is 4.57. The molecule has 1 aliphatic rings. The van der Waals surface area contributed by atoms with E-state index in [1.807, 2.05) is 21.5 Å². The first kappa shape index (κ1) is 15.6. The van der Waals surface area contributed by atoms with E-state index in [1.54, 1.807) is 0 Å². The van der Waals surface area contributed by atoms with Gasteiger partial charge < -0.3 is 4.90 Å². The van der Waals surface area contributed by atoms with Gasteiger partial charge in [0.1, 0.15) is 5.82 Å². The van der Waals surface area contributed by atoms with E-state index in [4.69, 9.17) is 0 Å². The van der Waals surface area contributed by atoms with Crippen LogP contribution in [0, 0.1) is 0 Å². The third kappa shape index (κ3) is 2.70. The summed E-state index contributed by atoms with van der Waals surface area (Å²) < 4.78 is 4.57. The van der Waals surface area contributed by atoms with Gasteiger partial charge in [-0.2, -0.15) is 9.61 Å². The second-order valence-electron chi connectivity index (χ2n) is 6.57. The second kappa shape index (κ2) is 6.20. The SMILES string of the molecule is CC(C)n1cc(-c2ccc3nc(Br)nn3c2N2CCCCC2)cn1. The summed E-state index contributed by atoms with van der Waals surface area (Å²) in [5, 5.41) is 9.08. The van der Waals surface area contributed by atoms with Crippen LogP contribution in [-0.2, 0) is 0 Å². The number of halogens is 1. The predicted molar refractivity (Wildman–Crippen MR) is 98.4 cm³/mol. The van der Waals surface area contributed by atoms with Gasteiger partial charge in [0.05, 0.1) is 6.20 Å². The molecule has 0 spiro atoms. The van der Waals surface area contributed by atoms with Crippen LogP contribution in [0.5, 0.6) is 0 Å². The van der Waals surface area contributed by atoms with Crippen LogP contribution in [0.25, 0.3) is 16.8 Å². The minimum atomic E-state index is 0.349. The molecule has 3 aromatic heterocycles. The van der Waals surface area contributed by atoms with Gasteiger partial charge in [-0.05, 0) is 61.2 Å². The van der Waals surface area contributed by atoms with Gasteiger partial charge in [-0.3, -0.25) is 4.68 Å². The molecule has 0 radical (unpaired) electrons. The zero-order valence-electron chi connectivity index (χ0n) is 14.0. The van der Waals surface area contributed by atoms with Crippen LogP contribution in [0.4, 0.5) is 5.82 Å². The number of pyridine rings is 1. The minimum Gasteiger partial charge on any atom is -0.356 e. The quantitative estimate of drug-likeness (QED) is 0.681. The smallest absolute Gasteiger partial charge is 0.218 e. The largest absolute Gasteiger partial charge is 0.356 e. The number of hydrogen-bond donors (Lipinski definition) is 0. The Morgan fingerprint density at radius 2 is 1.92 bits per heavy atom. The maximum Gasteiger partial charge on any atom is 0.218 e. The van der Waals surface area contributed by atoms with E-state index in [2.05, 4.69) is 62.1 Å². The molecule has 0 atom stereocenters. The van der Waals surface area contributed by atoms with E-state index in [-0.39, 0.29) is 0 Å². The highest BCUT2D eigenvalue weighted by atomic mass is 79.9. The van der Waals surface area contributed by atoms with Gasteiger partial charge in [-0.15, -0.1) is 5.10 Å². The highest BCUT2D eigenvalue weighted by Gasteiger charge is 2.21. The molecule has 0 bridgehead atoms. The highest BCUT2D eigenvalue weighted by molar-refractivity contribution is 9.10. The van der Waals surface area contributed by atoms with Gasteiger partial charge in [0, 0.05) is 36.5 Å². The summed E-state index contributed by atoms with van der Waals surface area (Å²) in [7, 11) is 0. The summed E-state index contributed by atoms with van der Waals surface area (Å²) in [5.74, 6) is 1.12. The molecule has 0 N–H and O–H groups in total. The van der Waals surface area contributed by atoms with Crippen molar-refractivity contribution in [1.82, 2.24) is 24.4 Å². The Hall–Kier alpha value is -1.89. The fourth-order valence-corrected chi connectivity index (χ4v) is 3.64. The van der Waals surface area contributed by atoms with Crippen molar-refractivity contribution >= 4 is 27.4 Å². The lowest BCUT2D eigenvalue weighted by Gasteiger charge is -2.30. The highest BCUT2D eigenvalue weighted by Crippen LogP contribution is 2.33. The molecule has 0 unspecified atom stereocenters. The van der Waals surface area contributed by atoms with Crippen molar-refractivity contribution < 1.29 is 0 Å². The summed E-state index contributed by atoms with van der Waals surface area (Å²) >= 11 is 3.41. The molecule has 126 valence electrons. The summed E-state index contributed by atoms with van der Waals surface area (Å²) in [4.78, 5) is 6.89. The fourth-order valence-electron chi connectivity index (χ4n) is 3.30. The number of hydrogen-bond acceptors (Lipinski definition) is 4. The average Bonchev–Trinajstić information content (AvgIpc) is 3.20. The number of nitrogens with zero attached hydrogens (tertiary/aromatic N) is 6. The zero-order valence-corrected chi connectivity index (χ0v) is 15.6. The molecular formula is C17H21BrN6. The van der Waals surface area contributed by atoms with E-state index in [0.717, 1.165) is 35.7 Å². The molecule has 0 aliphatic carbocycles. The van der Waals surface area contributed by atoms with Crippen molar-refractivity contribution in [1.29, 1.82) is 0 Å². The Labute approximate surface area is 149 Å². The Bertz CT molecular complexity index is 859. The Kier molecular flexibility index (Phi) is 4.04. The molecule has 4 heterocycles. The van der Waals surface area contributed by atoms with Crippen LogP contribution in [-0.4, -0.2) is 37.5 Å². The number of fused-ring (bicyclic) bond motifs is 1. The predicted octanol–water partition coefficient (Wildman–Crippen LogP) is 3.93. The van der Waals surface area contributed by atoms with Gasteiger partial charge in [0.15, 0.2) is 5.65 Å². The maximum atomic E-state index is 4.57. The minimum absolute atomic E-state index is 0.349. The molecule has 4 rings (SSSR count). The van der Waals surface area contributed by atoms with Crippen molar-refractivity contribution in [3.63, 3.8) is 0 Å². The van der Waals surface area contributed by atoms with Crippen molar-refractivity contribution in [3.05, 3.63) is 29.3 Å². The number of piperidine rings is 1. The summed E-state index contributed by atoms with van der Waals surface area (Å²) in [6.07, 6.45) is 7.80. The molecular weight excluding hydrogens is 368 g/mol. The van der Waals surface area contributed by atoms with E-state index in [1.165, 1.54) is 19.3 Å². The number of aromatic nitrogens is 5. The molecule has 1 aliphatic heterocycles. The van der Waals surface area contributed by atoms with Gasteiger partial charge in [0.25, 0.3) is 0 Å². The Morgan fingerprint density at radius 1 is 1.12 bits per heavy atom. The van der Waals surface area contributed by atoms with Crippen LogP contribution < -0.4 is 4.90 Å². The van der Waals surface area contributed by atoms with E-state index >= 15 is 0 Å². The first-order valence-corrected chi connectivity index (χ1v) is 9.27. The van der Waals surface area contributed by atoms with Gasteiger partial charge in [0.2, 0.25) is 4.73 Å². The van der Waals surface area contributed by atoms with Crippen LogP contribution in [0.15, 0.2) is 29.3 Å². The fraction of sp³-hybridized carbons (Fsp3) is 0.471. The van der Waals surface area contributed by atoms with E-state index in [9.17, 15) is 0 Å². The Morgan fingerprint density at radius 3 is 2.62 bits per heavy atom. The molecule has 1 saturated heterocycles. The molecule has 0 amide bonds. The third-order valence-corrected chi connectivity index (χ3v) is 4.88. The second-order valence-corrected chi connectivity index (χ2v) is 7.28. The lowest BCUT2D eigenvalue weighted by atomic mass is 10.1. The van der Waals surface area contributed by atoms with E-state index < -0.39 is 0 Å². The standard InChI is InChI=1S/C17H21BrN6/c1-12(2)23-11-13(10-19-23)14-6-7-15-20-17(18)21-24(15)16(14)22-8-4-3-5-9-22/h6-7,10-12H,3-5,8-9H2,1-2H3. The van der Waals surface area contributed by atoms with Crippen LogP contribution in [0.1, 0.15) is 39.2 Å². The molecule has 0 saturated carbocycles. The molecule has 3 aromatic rings. The van der Waals surface area contributed by atoms with Crippen LogP contribution >= 0.6 is 15.9 Å². The third-order valence-electron chi connectivity index (χ3n) is 4.54. The lowest BCUT2D eigenvalue weighted by molar-refractivity contribution is 0.532. The normalized spacial score (nSPS) is 15.6. The summed E-state index contributed by atoms with van der Waals surface area (Å²) in [6.45, 7) is 6.39. The topological polar surface area (TPSA) is 51.3 Å². The van der Waals surface area contributed by atoms with Gasteiger partial charge in [-0.25, -0.2) is 4.98 Å². The first-order valence-electron chi connectivity index (χ1n) is 8.48. The summed E-state index contributed by atoms with van der Waals surface area (Å²) in [5.41, 5.74) is 3.15. The van der Waals surface area contributed by atoms with Crippen LogP contribution in [0.2, 0.25) is 0 Å². The monoisotopic (exact) mass is 388 g/mol. The van der Waals surface area contributed by atoms with E-state index in [0.29, 0.717) is 10.8 Å². The molecule has 24 heavy (non-hydrogen) atoms. The zero-order chi connectivity index (χ0) is 16.7. The molecule has 0 aromatic carbocycles. The number of rotatable bonds is 3. The lowest BCUT2D eigenvalue weighted by Crippen LogP contribution is -2.31. The Balaban J connectivity index is 1.89. The molecule has 6 nitrogen and oxygen atoms in total. The molecule has 1 fully saturated rings. The van der Waals surface area contributed by atoms with Crippen molar-refractivity contribution in [2.45, 2.75) is 39.2 Å². The summed E-state index contributed by atoms with van der Waals surface area (Å²) in [6, 6.07) is 4.51. The number of anilines is 1. The van der Waals surface area contributed by atoms with Gasteiger partial charge >= 0.3 is 0 Å². The van der Waals surface area contributed by atoms with Crippen molar-refractivity contribution in [2.24, 2.45) is 0 Å². The van der Waals surface area contributed by atoms with Crippen molar-refractivity contribution in [2.75, 3.05) is 18.0 Å². The first-order chi connectivity index (χ1) is 11.6. The van der Waals surface area contributed by atoms with Crippen molar-refractivity contribution in [3.8, 4) is 11.1 Å². The van der Waals surface area contributed by atoms with Crippen LogP contribution in [0.3, 0.4) is 0 Å².